The van der Waals surface area contributed by atoms with Gasteiger partial charge in [-0.2, -0.15) is 0 Å². The Balaban J connectivity index is 2.15. The third-order valence-corrected chi connectivity index (χ3v) is 4.20. The average Bonchev–Trinajstić information content (AvgIpc) is 2.31. The number of methoxy groups -OCH3 is 1. The summed E-state index contributed by atoms with van der Waals surface area (Å²) in [4.78, 5) is 11.3. The molecule has 1 aromatic rings. The second-order valence-corrected chi connectivity index (χ2v) is 5.43. The van der Waals surface area contributed by atoms with E-state index in [1.54, 1.807) is 7.11 Å². The molecule has 0 spiro atoms. The summed E-state index contributed by atoms with van der Waals surface area (Å²) >= 11 is 0. The third kappa shape index (κ3) is 2.53. The Morgan fingerprint density at radius 2 is 2.00 bits per heavy atom. The number of hydrogen-bond donors (Lipinski definition) is 2. The van der Waals surface area contributed by atoms with Crippen molar-refractivity contribution >= 4 is 11.7 Å². The summed E-state index contributed by atoms with van der Waals surface area (Å²) in [7, 11) is 1.63. The number of hydrogen-bond acceptors (Lipinski definition) is 3. The van der Waals surface area contributed by atoms with E-state index in [2.05, 4.69) is 5.32 Å². The minimum atomic E-state index is -0.700. The highest BCUT2D eigenvalue weighted by atomic mass is 16.5. The van der Waals surface area contributed by atoms with Crippen LogP contribution in [0.15, 0.2) is 12.1 Å². The quantitative estimate of drug-likeness (QED) is 0.857. The first-order valence-electron chi connectivity index (χ1n) is 6.61. The SMILES string of the molecule is COc1cc(C)c(C)cc1NCC1(C(=O)O)CCC1. The number of ether oxygens (including phenoxy) is 1. The number of aliphatic carboxylic acids is 1. The fourth-order valence-electron chi connectivity index (χ4n) is 2.43. The molecule has 0 atom stereocenters. The number of carbonyl (C=O) groups is 1. The molecule has 2 N–H and O–H groups in total. The Labute approximate surface area is 113 Å². The average molecular weight is 263 g/mol. The molecular formula is C15H21NO3. The van der Waals surface area contributed by atoms with E-state index in [1.165, 1.54) is 11.1 Å². The fraction of sp³-hybridized carbons (Fsp3) is 0.533. The van der Waals surface area contributed by atoms with Gasteiger partial charge in [0.25, 0.3) is 0 Å². The van der Waals surface area contributed by atoms with E-state index in [1.807, 2.05) is 26.0 Å². The number of carboxylic acids is 1. The summed E-state index contributed by atoms with van der Waals surface area (Å²) in [6.07, 6.45) is 2.50. The maximum absolute atomic E-state index is 11.3. The van der Waals surface area contributed by atoms with E-state index >= 15 is 0 Å². The van der Waals surface area contributed by atoms with Crippen molar-refractivity contribution in [1.29, 1.82) is 0 Å². The number of carboxylic acid groups (broad SMARTS) is 1. The summed E-state index contributed by atoms with van der Waals surface area (Å²) in [6, 6.07) is 3.99. The smallest absolute Gasteiger partial charge is 0.311 e. The summed E-state index contributed by atoms with van der Waals surface area (Å²) in [6.45, 7) is 4.53. The van der Waals surface area contributed by atoms with E-state index in [0.717, 1.165) is 30.7 Å². The van der Waals surface area contributed by atoms with Crippen molar-refractivity contribution in [3.05, 3.63) is 23.3 Å². The lowest BCUT2D eigenvalue weighted by molar-refractivity contribution is -0.153. The van der Waals surface area contributed by atoms with Gasteiger partial charge in [0.2, 0.25) is 0 Å². The molecule has 1 aliphatic carbocycles. The normalized spacial score (nSPS) is 16.6. The zero-order chi connectivity index (χ0) is 14.0. The Bertz CT molecular complexity index is 492. The van der Waals surface area contributed by atoms with E-state index in [4.69, 9.17) is 4.74 Å². The zero-order valence-electron chi connectivity index (χ0n) is 11.7. The maximum atomic E-state index is 11.3. The van der Waals surface area contributed by atoms with Crippen molar-refractivity contribution < 1.29 is 14.6 Å². The lowest BCUT2D eigenvalue weighted by atomic mass is 9.69. The van der Waals surface area contributed by atoms with Gasteiger partial charge in [-0.25, -0.2) is 0 Å². The van der Waals surface area contributed by atoms with Gasteiger partial charge in [-0.05, 0) is 49.9 Å². The minimum absolute atomic E-state index is 0.460. The van der Waals surface area contributed by atoms with Crippen LogP contribution in [-0.4, -0.2) is 24.7 Å². The van der Waals surface area contributed by atoms with Crippen LogP contribution in [0.3, 0.4) is 0 Å². The lowest BCUT2D eigenvalue weighted by Crippen LogP contribution is -2.43. The van der Waals surface area contributed by atoms with Crippen LogP contribution in [-0.2, 0) is 4.79 Å². The topological polar surface area (TPSA) is 58.6 Å². The molecule has 1 aliphatic rings. The van der Waals surface area contributed by atoms with Crippen molar-refractivity contribution in [2.45, 2.75) is 33.1 Å². The Morgan fingerprint density at radius 1 is 1.37 bits per heavy atom. The van der Waals surface area contributed by atoms with Gasteiger partial charge in [0.05, 0.1) is 18.2 Å². The highest BCUT2D eigenvalue weighted by Gasteiger charge is 2.44. The Kier molecular flexibility index (Phi) is 3.69. The molecule has 4 nitrogen and oxygen atoms in total. The molecule has 0 saturated heterocycles. The van der Waals surface area contributed by atoms with E-state index in [9.17, 15) is 9.90 Å². The van der Waals surface area contributed by atoms with Crippen LogP contribution in [0.2, 0.25) is 0 Å². The molecule has 0 aliphatic heterocycles. The molecule has 0 aromatic heterocycles. The van der Waals surface area contributed by atoms with Gasteiger partial charge < -0.3 is 15.2 Å². The fourth-order valence-corrected chi connectivity index (χ4v) is 2.43. The van der Waals surface area contributed by atoms with Crippen LogP contribution in [0.4, 0.5) is 5.69 Å². The van der Waals surface area contributed by atoms with Gasteiger partial charge in [0, 0.05) is 6.54 Å². The molecular weight excluding hydrogens is 242 g/mol. The number of benzene rings is 1. The molecule has 1 aromatic carbocycles. The number of nitrogens with one attached hydrogen (secondary N) is 1. The van der Waals surface area contributed by atoms with Crippen molar-refractivity contribution in [2.75, 3.05) is 19.0 Å². The maximum Gasteiger partial charge on any atom is 0.311 e. The van der Waals surface area contributed by atoms with Crippen LogP contribution in [0.1, 0.15) is 30.4 Å². The minimum Gasteiger partial charge on any atom is -0.495 e. The van der Waals surface area contributed by atoms with Gasteiger partial charge in [0.15, 0.2) is 0 Å². The van der Waals surface area contributed by atoms with Crippen molar-refractivity contribution in [3.8, 4) is 5.75 Å². The van der Waals surface area contributed by atoms with Crippen molar-refractivity contribution in [1.82, 2.24) is 0 Å². The van der Waals surface area contributed by atoms with Gasteiger partial charge in [-0.15, -0.1) is 0 Å². The first-order valence-corrected chi connectivity index (χ1v) is 6.61. The molecule has 0 bridgehead atoms. The Morgan fingerprint density at radius 3 is 2.47 bits per heavy atom. The highest BCUT2D eigenvalue weighted by molar-refractivity contribution is 5.77. The first-order chi connectivity index (χ1) is 8.98. The molecule has 2 rings (SSSR count). The number of aryl methyl sites for hydroxylation is 2. The Hall–Kier alpha value is -1.71. The molecule has 4 heteroatoms. The number of rotatable bonds is 5. The molecule has 0 unspecified atom stereocenters. The second kappa shape index (κ2) is 5.11. The van der Waals surface area contributed by atoms with Crippen molar-refractivity contribution in [3.63, 3.8) is 0 Å². The lowest BCUT2D eigenvalue weighted by Gasteiger charge is -2.38. The first kappa shape index (κ1) is 13.7. The summed E-state index contributed by atoms with van der Waals surface area (Å²) < 4.78 is 5.35. The van der Waals surface area contributed by atoms with Crippen LogP contribution < -0.4 is 10.1 Å². The molecule has 1 saturated carbocycles. The third-order valence-electron chi connectivity index (χ3n) is 4.20. The van der Waals surface area contributed by atoms with Crippen molar-refractivity contribution in [2.24, 2.45) is 5.41 Å². The zero-order valence-corrected chi connectivity index (χ0v) is 11.7. The van der Waals surface area contributed by atoms with E-state index in [0.29, 0.717) is 6.54 Å². The second-order valence-electron chi connectivity index (χ2n) is 5.43. The monoisotopic (exact) mass is 263 g/mol. The highest BCUT2D eigenvalue weighted by Crippen LogP contribution is 2.42. The van der Waals surface area contributed by atoms with Gasteiger partial charge in [-0.1, -0.05) is 6.42 Å². The molecule has 1 fully saturated rings. The predicted octanol–water partition coefficient (Wildman–Crippen LogP) is 2.98. The largest absolute Gasteiger partial charge is 0.495 e. The van der Waals surface area contributed by atoms with Crippen LogP contribution in [0.25, 0.3) is 0 Å². The van der Waals surface area contributed by atoms with Gasteiger partial charge in [-0.3, -0.25) is 4.79 Å². The van der Waals surface area contributed by atoms with Crippen LogP contribution in [0, 0.1) is 19.3 Å². The number of anilines is 1. The van der Waals surface area contributed by atoms with Gasteiger partial charge in [0.1, 0.15) is 5.75 Å². The van der Waals surface area contributed by atoms with Gasteiger partial charge >= 0.3 is 5.97 Å². The molecule has 0 heterocycles. The molecule has 0 radical (unpaired) electrons. The summed E-state index contributed by atoms with van der Waals surface area (Å²) in [5.41, 5.74) is 2.61. The standard InChI is InChI=1S/C15H21NO3/c1-10-7-12(13(19-3)8-11(10)2)16-9-15(14(17)18)5-4-6-15/h7-8,16H,4-6,9H2,1-3H3,(H,17,18). The van der Waals surface area contributed by atoms with E-state index < -0.39 is 11.4 Å². The van der Waals surface area contributed by atoms with Crippen LogP contribution >= 0.6 is 0 Å². The van der Waals surface area contributed by atoms with E-state index in [-0.39, 0.29) is 0 Å². The molecule has 104 valence electrons. The predicted molar refractivity (Wildman–Crippen MR) is 74.9 cm³/mol. The molecule has 0 amide bonds. The van der Waals surface area contributed by atoms with Crippen LogP contribution in [0.5, 0.6) is 5.75 Å². The summed E-state index contributed by atoms with van der Waals surface area (Å²) in [5, 5.41) is 12.6. The molecule has 19 heavy (non-hydrogen) atoms. The summed E-state index contributed by atoms with van der Waals surface area (Å²) in [5.74, 6) is 0.0667.